The maximum atomic E-state index is 12.8. The number of benzene rings is 1. The van der Waals surface area contributed by atoms with Gasteiger partial charge in [-0.3, -0.25) is 9.69 Å². The van der Waals surface area contributed by atoms with Gasteiger partial charge in [-0.05, 0) is 25.0 Å². The SMILES string of the molecule is COc1ccccc1C(=O)N1CCN(Cc2cc(C3CCCCC3)no2)CC1. The van der Waals surface area contributed by atoms with Crippen LogP contribution in [0.3, 0.4) is 0 Å². The van der Waals surface area contributed by atoms with E-state index in [1.54, 1.807) is 7.11 Å². The summed E-state index contributed by atoms with van der Waals surface area (Å²) in [6.07, 6.45) is 6.41. The summed E-state index contributed by atoms with van der Waals surface area (Å²) in [5.41, 5.74) is 1.76. The molecule has 1 aliphatic carbocycles. The topological polar surface area (TPSA) is 58.8 Å². The van der Waals surface area contributed by atoms with Gasteiger partial charge in [-0.2, -0.15) is 0 Å². The lowest BCUT2D eigenvalue weighted by Crippen LogP contribution is -2.48. The van der Waals surface area contributed by atoms with E-state index in [0.717, 1.165) is 31.1 Å². The van der Waals surface area contributed by atoms with Crippen LogP contribution in [0.2, 0.25) is 0 Å². The zero-order valence-electron chi connectivity index (χ0n) is 16.6. The molecule has 2 aliphatic rings. The summed E-state index contributed by atoms with van der Waals surface area (Å²) in [5, 5.41) is 4.33. The molecule has 2 heterocycles. The van der Waals surface area contributed by atoms with E-state index in [-0.39, 0.29) is 5.91 Å². The van der Waals surface area contributed by atoms with E-state index in [1.807, 2.05) is 29.2 Å². The molecule has 4 rings (SSSR count). The Hall–Kier alpha value is -2.34. The van der Waals surface area contributed by atoms with E-state index >= 15 is 0 Å². The van der Waals surface area contributed by atoms with Crippen molar-refractivity contribution in [3.05, 3.63) is 47.3 Å². The van der Waals surface area contributed by atoms with Crippen molar-refractivity contribution in [3.63, 3.8) is 0 Å². The molecule has 2 aromatic rings. The highest BCUT2D eigenvalue weighted by Crippen LogP contribution is 2.32. The highest BCUT2D eigenvalue weighted by molar-refractivity contribution is 5.97. The first kappa shape index (κ1) is 19.0. The van der Waals surface area contributed by atoms with E-state index in [0.29, 0.717) is 30.3 Å². The number of methoxy groups -OCH3 is 1. The predicted octanol–water partition coefficient (Wildman–Crippen LogP) is 3.69. The van der Waals surface area contributed by atoms with Crippen LogP contribution in [0.4, 0.5) is 0 Å². The molecule has 2 fully saturated rings. The molecule has 1 saturated carbocycles. The van der Waals surface area contributed by atoms with Gasteiger partial charge in [0.1, 0.15) is 5.75 Å². The number of piperazine rings is 1. The lowest BCUT2D eigenvalue weighted by Gasteiger charge is -2.34. The molecule has 0 bridgehead atoms. The lowest BCUT2D eigenvalue weighted by atomic mass is 9.87. The van der Waals surface area contributed by atoms with Gasteiger partial charge in [0, 0.05) is 38.2 Å². The predicted molar refractivity (Wildman–Crippen MR) is 107 cm³/mol. The van der Waals surface area contributed by atoms with Crippen LogP contribution in [0, 0.1) is 0 Å². The van der Waals surface area contributed by atoms with Crippen LogP contribution < -0.4 is 4.74 Å². The molecule has 0 unspecified atom stereocenters. The van der Waals surface area contributed by atoms with Crippen molar-refractivity contribution >= 4 is 5.91 Å². The molecular weight excluding hydrogens is 354 g/mol. The lowest BCUT2D eigenvalue weighted by molar-refractivity contribution is 0.0614. The summed E-state index contributed by atoms with van der Waals surface area (Å²) in [5.74, 6) is 2.18. The van der Waals surface area contributed by atoms with Crippen molar-refractivity contribution in [2.45, 2.75) is 44.6 Å². The first-order valence-corrected chi connectivity index (χ1v) is 10.3. The summed E-state index contributed by atoms with van der Waals surface area (Å²) in [6.45, 7) is 3.85. The van der Waals surface area contributed by atoms with Gasteiger partial charge in [0.05, 0.1) is 24.9 Å². The molecule has 1 saturated heterocycles. The van der Waals surface area contributed by atoms with Gasteiger partial charge in [0.2, 0.25) is 0 Å². The summed E-state index contributed by atoms with van der Waals surface area (Å²) in [7, 11) is 1.60. The van der Waals surface area contributed by atoms with Crippen LogP contribution in [0.25, 0.3) is 0 Å². The first-order chi connectivity index (χ1) is 13.7. The van der Waals surface area contributed by atoms with Crippen LogP contribution in [-0.2, 0) is 6.54 Å². The molecule has 0 N–H and O–H groups in total. The van der Waals surface area contributed by atoms with E-state index in [2.05, 4.69) is 16.1 Å². The normalized spacial score (nSPS) is 19.0. The maximum absolute atomic E-state index is 12.8. The van der Waals surface area contributed by atoms with Crippen LogP contribution in [0.15, 0.2) is 34.9 Å². The number of carbonyl (C=O) groups is 1. The van der Waals surface area contributed by atoms with Gasteiger partial charge in [-0.1, -0.05) is 36.6 Å². The Balaban J connectivity index is 1.31. The van der Waals surface area contributed by atoms with E-state index in [9.17, 15) is 4.79 Å². The number of amides is 1. The van der Waals surface area contributed by atoms with Crippen molar-refractivity contribution < 1.29 is 14.1 Å². The number of hydrogen-bond donors (Lipinski definition) is 0. The first-order valence-electron chi connectivity index (χ1n) is 10.3. The smallest absolute Gasteiger partial charge is 0.257 e. The van der Waals surface area contributed by atoms with Crippen molar-refractivity contribution in [2.24, 2.45) is 0 Å². The summed E-state index contributed by atoms with van der Waals surface area (Å²) in [6, 6.07) is 9.56. The van der Waals surface area contributed by atoms with Crippen LogP contribution >= 0.6 is 0 Å². The van der Waals surface area contributed by atoms with Gasteiger partial charge in [0.25, 0.3) is 5.91 Å². The monoisotopic (exact) mass is 383 g/mol. The Morgan fingerprint density at radius 2 is 1.89 bits per heavy atom. The highest BCUT2D eigenvalue weighted by atomic mass is 16.5. The Kier molecular flexibility index (Phi) is 5.95. The standard InChI is InChI=1S/C22H29N3O3/c1-27-21-10-6-5-9-19(21)22(26)25-13-11-24(12-14-25)16-18-15-20(23-28-18)17-7-3-2-4-8-17/h5-6,9-10,15,17H,2-4,7-8,11-14,16H2,1H3. The third-order valence-corrected chi connectivity index (χ3v) is 5.98. The molecule has 0 spiro atoms. The molecule has 28 heavy (non-hydrogen) atoms. The third-order valence-electron chi connectivity index (χ3n) is 5.98. The Morgan fingerprint density at radius 1 is 1.14 bits per heavy atom. The highest BCUT2D eigenvalue weighted by Gasteiger charge is 2.25. The average molecular weight is 383 g/mol. The number of para-hydroxylation sites is 1. The molecule has 0 radical (unpaired) electrons. The second kappa shape index (κ2) is 8.78. The Bertz CT molecular complexity index is 790. The zero-order chi connectivity index (χ0) is 19.3. The molecule has 1 aliphatic heterocycles. The molecular formula is C22H29N3O3. The fraction of sp³-hybridized carbons (Fsp3) is 0.545. The van der Waals surface area contributed by atoms with Crippen molar-refractivity contribution in [1.82, 2.24) is 15.0 Å². The maximum Gasteiger partial charge on any atom is 0.257 e. The van der Waals surface area contributed by atoms with Crippen LogP contribution in [0.5, 0.6) is 5.75 Å². The molecule has 6 nitrogen and oxygen atoms in total. The largest absolute Gasteiger partial charge is 0.496 e. The van der Waals surface area contributed by atoms with Gasteiger partial charge >= 0.3 is 0 Å². The number of ether oxygens (including phenoxy) is 1. The Morgan fingerprint density at radius 3 is 2.64 bits per heavy atom. The van der Waals surface area contributed by atoms with Crippen LogP contribution in [0.1, 0.15) is 59.8 Å². The van der Waals surface area contributed by atoms with Crippen molar-refractivity contribution in [3.8, 4) is 5.75 Å². The van der Waals surface area contributed by atoms with Gasteiger partial charge in [0.15, 0.2) is 5.76 Å². The minimum Gasteiger partial charge on any atom is -0.496 e. The molecule has 1 aromatic heterocycles. The Labute approximate surface area is 166 Å². The summed E-state index contributed by atoms with van der Waals surface area (Å²) in [4.78, 5) is 17.1. The summed E-state index contributed by atoms with van der Waals surface area (Å²) >= 11 is 0. The number of hydrogen-bond acceptors (Lipinski definition) is 5. The minimum absolute atomic E-state index is 0.0383. The number of rotatable bonds is 5. The van der Waals surface area contributed by atoms with Gasteiger partial charge < -0.3 is 14.2 Å². The van der Waals surface area contributed by atoms with Crippen molar-refractivity contribution in [1.29, 1.82) is 0 Å². The van der Waals surface area contributed by atoms with Gasteiger partial charge in [-0.25, -0.2) is 0 Å². The quantitative estimate of drug-likeness (QED) is 0.788. The number of aromatic nitrogens is 1. The molecule has 0 atom stereocenters. The minimum atomic E-state index is 0.0383. The molecule has 150 valence electrons. The third kappa shape index (κ3) is 4.22. The second-order valence-corrected chi connectivity index (χ2v) is 7.82. The van der Waals surface area contributed by atoms with E-state index in [4.69, 9.17) is 9.26 Å². The second-order valence-electron chi connectivity index (χ2n) is 7.82. The molecule has 1 aromatic carbocycles. The average Bonchev–Trinajstić information content (AvgIpc) is 3.23. The molecule has 1 amide bonds. The van der Waals surface area contributed by atoms with E-state index < -0.39 is 0 Å². The number of nitrogens with zero attached hydrogens (tertiary/aromatic N) is 3. The summed E-state index contributed by atoms with van der Waals surface area (Å²) < 4.78 is 10.9. The van der Waals surface area contributed by atoms with Crippen LogP contribution in [-0.4, -0.2) is 54.2 Å². The number of carbonyl (C=O) groups excluding carboxylic acids is 1. The van der Waals surface area contributed by atoms with E-state index in [1.165, 1.54) is 32.1 Å². The van der Waals surface area contributed by atoms with Crippen molar-refractivity contribution in [2.75, 3.05) is 33.3 Å². The molecule has 6 heteroatoms. The van der Waals surface area contributed by atoms with Gasteiger partial charge in [-0.15, -0.1) is 0 Å². The fourth-order valence-electron chi connectivity index (χ4n) is 4.32. The zero-order valence-corrected chi connectivity index (χ0v) is 16.6. The fourth-order valence-corrected chi connectivity index (χ4v) is 4.32.